The van der Waals surface area contributed by atoms with Gasteiger partial charge in [-0.2, -0.15) is 0 Å². The van der Waals surface area contributed by atoms with Gasteiger partial charge in [-0.3, -0.25) is 0 Å². The molecule has 0 amide bonds. The predicted molar refractivity (Wildman–Crippen MR) is 82.3 cm³/mol. The largest absolute Gasteiger partial charge is 0.243 e. The second-order valence-electron chi connectivity index (χ2n) is 4.99. The van der Waals surface area contributed by atoms with Crippen LogP contribution in [0.2, 0.25) is 0 Å². The first kappa shape index (κ1) is 18.5. The maximum atomic E-state index is 13.8. The van der Waals surface area contributed by atoms with Crippen LogP contribution in [0, 0.1) is 11.7 Å². The molecule has 0 aromatic heterocycles. The molecule has 0 fully saturated rings. The number of sulfone groups is 1. The van der Waals surface area contributed by atoms with Gasteiger partial charge in [0.05, 0.1) is 4.90 Å². The van der Waals surface area contributed by atoms with Crippen molar-refractivity contribution in [2.75, 3.05) is 11.6 Å². The van der Waals surface area contributed by atoms with Gasteiger partial charge in [-0.05, 0) is 24.1 Å². The van der Waals surface area contributed by atoms with Crippen molar-refractivity contribution in [2.45, 2.75) is 29.7 Å². The molecular weight excluding hydrogens is 385 g/mol. The lowest BCUT2D eigenvalue weighted by Crippen LogP contribution is -2.40. The van der Waals surface area contributed by atoms with Crippen molar-refractivity contribution in [1.29, 1.82) is 0 Å². The summed E-state index contributed by atoms with van der Waals surface area (Å²) in [5.41, 5.74) is 0. The molecule has 0 bridgehead atoms. The minimum Gasteiger partial charge on any atom is -0.224 e. The van der Waals surface area contributed by atoms with Gasteiger partial charge in [0.2, 0.25) is 10.0 Å². The van der Waals surface area contributed by atoms with Gasteiger partial charge in [-0.15, -0.1) is 0 Å². The molecule has 5 nitrogen and oxygen atoms in total. The van der Waals surface area contributed by atoms with Crippen LogP contribution in [0.15, 0.2) is 28.0 Å². The summed E-state index contributed by atoms with van der Waals surface area (Å²) >= 11 is 3.19. The third kappa shape index (κ3) is 4.73. The molecule has 0 heterocycles. The molecule has 1 atom stereocenters. The van der Waals surface area contributed by atoms with Gasteiger partial charge >= 0.3 is 0 Å². The van der Waals surface area contributed by atoms with Crippen LogP contribution < -0.4 is 4.72 Å². The van der Waals surface area contributed by atoms with Crippen LogP contribution in [0.4, 0.5) is 4.39 Å². The van der Waals surface area contributed by atoms with Crippen LogP contribution in [0.1, 0.15) is 13.8 Å². The van der Waals surface area contributed by atoms with E-state index in [4.69, 9.17) is 0 Å². The molecule has 0 aliphatic carbocycles. The zero-order valence-electron chi connectivity index (χ0n) is 11.8. The average Bonchev–Trinajstić information content (AvgIpc) is 2.34. The van der Waals surface area contributed by atoms with Crippen molar-refractivity contribution in [2.24, 2.45) is 5.92 Å². The highest BCUT2D eigenvalue weighted by Gasteiger charge is 2.26. The molecule has 1 aromatic carbocycles. The van der Waals surface area contributed by atoms with Crippen LogP contribution in [-0.2, 0) is 19.9 Å². The number of hydrogen-bond acceptors (Lipinski definition) is 4. The second kappa shape index (κ2) is 6.72. The smallest absolute Gasteiger partial charge is 0.224 e. The molecule has 1 unspecified atom stereocenters. The summed E-state index contributed by atoms with van der Waals surface area (Å²) in [6.07, 6.45) is 0.930. The maximum absolute atomic E-state index is 13.8. The summed E-state index contributed by atoms with van der Waals surface area (Å²) in [7, 11) is -7.77. The van der Waals surface area contributed by atoms with Crippen LogP contribution >= 0.6 is 15.9 Å². The molecule has 0 radical (unpaired) electrons. The Morgan fingerprint density at radius 3 is 2.24 bits per heavy atom. The highest BCUT2D eigenvalue weighted by atomic mass is 79.9. The zero-order chi connectivity index (χ0) is 16.4. The number of nitrogens with one attached hydrogen (secondary N) is 1. The third-order valence-electron chi connectivity index (χ3n) is 2.90. The number of halogens is 2. The topological polar surface area (TPSA) is 80.3 Å². The van der Waals surface area contributed by atoms with E-state index in [1.807, 2.05) is 13.8 Å². The Hall–Kier alpha value is -0.510. The van der Waals surface area contributed by atoms with E-state index in [9.17, 15) is 21.2 Å². The van der Waals surface area contributed by atoms with Gasteiger partial charge in [0.1, 0.15) is 10.7 Å². The van der Waals surface area contributed by atoms with Crippen LogP contribution in [0.25, 0.3) is 0 Å². The van der Waals surface area contributed by atoms with Gasteiger partial charge in [0, 0.05) is 17.6 Å². The highest BCUT2D eigenvalue weighted by molar-refractivity contribution is 9.09. The van der Waals surface area contributed by atoms with E-state index in [0.29, 0.717) is 5.33 Å². The van der Waals surface area contributed by atoms with Crippen LogP contribution in [0.3, 0.4) is 0 Å². The molecule has 9 heteroatoms. The molecule has 1 aromatic rings. The van der Waals surface area contributed by atoms with E-state index in [-0.39, 0.29) is 10.8 Å². The lowest BCUT2D eigenvalue weighted by molar-refractivity contribution is 0.480. The highest BCUT2D eigenvalue weighted by Crippen LogP contribution is 2.20. The third-order valence-corrected chi connectivity index (χ3v) is 6.21. The predicted octanol–water partition coefficient (Wildman–Crippen LogP) is 1.93. The molecule has 0 saturated heterocycles. The molecule has 120 valence electrons. The molecule has 0 aliphatic heterocycles. The fourth-order valence-electron chi connectivity index (χ4n) is 1.53. The zero-order valence-corrected chi connectivity index (χ0v) is 15.0. The van der Waals surface area contributed by atoms with Gasteiger partial charge in [-0.1, -0.05) is 29.8 Å². The van der Waals surface area contributed by atoms with Crippen LogP contribution in [0.5, 0.6) is 0 Å². The Bertz CT molecular complexity index is 717. The maximum Gasteiger partial charge on any atom is 0.243 e. The summed E-state index contributed by atoms with van der Waals surface area (Å²) in [6.45, 7) is 3.63. The first-order valence-electron chi connectivity index (χ1n) is 6.07. The Labute approximate surface area is 133 Å². The molecule has 0 saturated carbocycles. The molecule has 1 rings (SSSR count). The molecule has 0 spiro atoms. The van der Waals surface area contributed by atoms with Crippen molar-refractivity contribution in [3.63, 3.8) is 0 Å². The molecule has 21 heavy (non-hydrogen) atoms. The van der Waals surface area contributed by atoms with Crippen molar-refractivity contribution < 1.29 is 21.2 Å². The van der Waals surface area contributed by atoms with Crippen molar-refractivity contribution in [3.8, 4) is 0 Å². The van der Waals surface area contributed by atoms with Crippen LogP contribution in [-0.4, -0.2) is 34.5 Å². The Morgan fingerprint density at radius 1 is 1.24 bits per heavy atom. The van der Waals surface area contributed by atoms with E-state index in [1.54, 1.807) is 0 Å². The first-order chi connectivity index (χ1) is 9.49. The Balaban J connectivity index is 3.31. The minimum atomic E-state index is -4.15. The SMILES string of the molecule is CC(C)C(CBr)NS(=O)(=O)c1cc(S(C)(=O)=O)ccc1F. The fraction of sp³-hybridized carbons (Fsp3) is 0.500. The lowest BCUT2D eigenvalue weighted by Gasteiger charge is -2.20. The number of hydrogen-bond donors (Lipinski definition) is 1. The van der Waals surface area contributed by atoms with E-state index in [0.717, 1.165) is 24.5 Å². The van der Waals surface area contributed by atoms with E-state index >= 15 is 0 Å². The van der Waals surface area contributed by atoms with Crippen molar-refractivity contribution in [1.82, 2.24) is 4.72 Å². The number of sulfonamides is 1. The fourth-order valence-corrected chi connectivity index (χ4v) is 4.86. The van der Waals surface area contributed by atoms with E-state index < -0.39 is 36.6 Å². The molecule has 1 N–H and O–H groups in total. The minimum absolute atomic E-state index is 0.0136. The summed E-state index contributed by atoms with van der Waals surface area (Å²) in [4.78, 5) is -0.916. The second-order valence-corrected chi connectivity index (χ2v) is 9.34. The summed E-state index contributed by atoms with van der Waals surface area (Å²) in [5.74, 6) is -1.01. The Kier molecular flexibility index (Phi) is 5.93. The summed E-state index contributed by atoms with van der Waals surface area (Å²) in [5, 5.41) is 0.358. The molecule has 0 aliphatic rings. The van der Waals surface area contributed by atoms with E-state index in [1.165, 1.54) is 0 Å². The van der Waals surface area contributed by atoms with Crippen molar-refractivity contribution >= 4 is 35.8 Å². The number of alkyl halides is 1. The Morgan fingerprint density at radius 2 is 1.81 bits per heavy atom. The monoisotopic (exact) mass is 401 g/mol. The first-order valence-corrected chi connectivity index (χ1v) is 10.6. The van der Waals surface area contributed by atoms with Crippen molar-refractivity contribution in [3.05, 3.63) is 24.0 Å². The van der Waals surface area contributed by atoms with E-state index in [2.05, 4.69) is 20.7 Å². The standard InChI is InChI=1S/C12H17BrFNO4S2/c1-8(2)11(7-13)15-21(18,19)12-6-9(20(3,16)17)4-5-10(12)14/h4-6,8,11,15H,7H2,1-3H3. The quantitative estimate of drug-likeness (QED) is 0.583. The molecular formula is C12H17BrFNO4S2. The number of benzene rings is 1. The summed E-state index contributed by atoms with van der Waals surface area (Å²) < 4.78 is 63.6. The normalized spacial score (nSPS) is 14.4. The van der Waals surface area contributed by atoms with Gasteiger partial charge < -0.3 is 0 Å². The summed E-state index contributed by atoms with van der Waals surface area (Å²) in [6, 6.07) is 2.27. The van der Waals surface area contributed by atoms with Gasteiger partial charge in [-0.25, -0.2) is 25.9 Å². The lowest BCUT2D eigenvalue weighted by atomic mass is 10.1. The van der Waals surface area contributed by atoms with Gasteiger partial charge in [0.15, 0.2) is 9.84 Å². The van der Waals surface area contributed by atoms with Gasteiger partial charge in [0.25, 0.3) is 0 Å². The number of rotatable bonds is 6. The average molecular weight is 402 g/mol.